The molecule has 0 amide bonds. The van der Waals surface area contributed by atoms with Gasteiger partial charge in [0.25, 0.3) is 0 Å². The Kier molecular flexibility index (Phi) is 6.04. The van der Waals surface area contributed by atoms with Crippen LogP contribution in [0.5, 0.6) is 0 Å². The van der Waals surface area contributed by atoms with Crippen molar-refractivity contribution < 1.29 is 24.1 Å². The van der Waals surface area contributed by atoms with Gasteiger partial charge in [-0.25, -0.2) is 4.79 Å². The molecule has 0 bridgehead atoms. The molecule has 1 aromatic heterocycles. The molecule has 0 spiro atoms. The van der Waals surface area contributed by atoms with Crippen LogP contribution in [0.15, 0.2) is 39.3 Å². The molecule has 7 heteroatoms. The summed E-state index contributed by atoms with van der Waals surface area (Å²) in [4.78, 5) is 11.5. The number of allylic oxidation sites excluding steroid dienone is 1. The van der Waals surface area contributed by atoms with Gasteiger partial charge in [-0.05, 0) is 92.6 Å². The zero-order chi connectivity index (χ0) is 25.3. The lowest BCUT2D eigenvalue weighted by Gasteiger charge is -2.62. The van der Waals surface area contributed by atoms with Gasteiger partial charge >= 0.3 is 5.63 Å². The third-order valence-electron chi connectivity index (χ3n) is 11.0. The summed E-state index contributed by atoms with van der Waals surface area (Å²) in [6.07, 6.45) is 10.7. The number of rotatable bonds is 3. The predicted octanol–water partition coefficient (Wildman–Crippen LogP) is 3.62. The Labute approximate surface area is 213 Å². The molecule has 4 N–H and O–H groups in total. The first kappa shape index (κ1) is 24.8. The third-order valence-corrected chi connectivity index (χ3v) is 11.0. The van der Waals surface area contributed by atoms with Gasteiger partial charge in [-0.1, -0.05) is 25.5 Å². The van der Waals surface area contributed by atoms with Crippen LogP contribution in [-0.4, -0.2) is 47.0 Å². The molecule has 1 aliphatic heterocycles. The summed E-state index contributed by atoms with van der Waals surface area (Å²) < 4.78 is 17.1. The van der Waals surface area contributed by atoms with Crippen LogP contribution in [0.4, 0.5) is 0 Å². The fourth-order valence-corrected chi connectivity index (χ4v) is 9.00. The molecule has 6 rings (SSSR count). The number of nitrogens with two attached hydrogens (primary N) is 1. The average Bonchev–Trinajstić information content (AvgIpc) is 3.13. The van der Waals surface area contributed by atoms with E-state index in [1.807, 2.05) is 6.07 Å². The highest BCUT2D eigenvalue weighted by molar-refractivity contribution is 5.31. The summed E-state index contributed by atoms with van der Waals surface area (Å²) in [7, 11) is 0. The summed E-state index contributed by atoms with van der Waals surface area (Å²) in [5, 5.41) is 22.7. The molecule has 198 valence electrons. The molecule has 1 saturated heterocycles. The number of hydrogen-bond donors (Lipinski definition) is 3. The minimum Gasteiger partial charge on any atom is -0.431 e. The molecular formula is C29H41NO6. The van der Waals surface area contributed by atoms with Crippen LogP contribution in [-0.2, 0) is 9.47 Å². The summed E-state index contributed by atoms with van der Waals surface area (Å²) in [6.45, 7) is 5.09. The highest BCUT2D eigenvalue weighted by Crippen LogP contribution is 2.70. The first-order chi connectivity index (χ1) is 17.1. The van der Waals surface area contributed by atoms with Crippen LogP contribution >= 0.6 is 0 Å². The lowest BCUT2D eigenvalue weighted by molar-refractivity contribution is -0.233. The maximum atomic E-state index is 12.4. The van der Waals surface area contributed by atoms with Crippen molar-refractivity contribution in [3.05, 3.63) is 46.0 Å². The van der Waals surface area contributed by atoms with Crippen LogP contribution in [0.3, 0.4) is 0 Å². The average molecular weight is 500 g/mol. The van der Waals surface area contributed by atoms with E-state index in [9.17, 15) is 15.0 Å². The van der Waals surface area contributed by atoms with Crippen molar-refractivity contribution in [1.29, 1.82) is 0 Å². The Bertz CT molecular complexity index is 1070. The zero-order valence-electron chi connectivity index (χ0n) is 21.5. The second-order valence-electron chi connectivity index (χ2n) is 12.7. The van der Waals surface area contributed by atoms with E-state index < -0.39 is 18.0 Å². The molecule has 5 aliphatic rings. The zero-order valence-corrected chi connectivity index (χ0v) is 21.5. The summed E-state index contributed by atoms with van der Waals surface area (Å²) in [5.74, 6) is 0.914. The number of hydrogen-bond acceptors (Lipinski definition) is 7. The summed E-state index contributed by atoms with van der Waals surface area (Å²) in [5.41, 5.74) is 7.20. The lowest BCUT2D eigenvalue weighted by atomic mass is 9.45. The molecular weight excluding hydrogens is 458 g/mol. The molecule has 7 nitrogen and oxygen atoms in total. The van der Waals surface area contributed by atoms with Crippen molar-refractivity contribution in [3.8, 4) is 0 Å². The van der Waals surface area contributed by atoms with Crippen molar-refractivity contribution in [2.24, 2.45) is 28.4 Å². The Balaban J connectivity index is 1.22. The van der Waals surface area contributed by atoms with Gasteiger partial charge in [0.2, 0.25) is 0 Å². The molecule has 0 radical (unpaired) electrons. The highest BCUT2D eigenvalue weighted by atomic mass is 16.7. The van der Waals surface area contributed by atoms with E-state index in [1.165, 1.54) is 11.6 Å². The van der Waals surface area contributed by atoms with Gasteiger partial charge in [-0.2, -0.15) is 0 Å². The Morgan fingerprint density at radius 1 is 1.08 bits per heavy atom. The first-order valence-electron chi connectivity index (χ1n) is 13.9. The summed E-state index contributed by atoms with van der Waals surface area (Å²) >= 11 is 0. The van der Waals surface area contributed by atoms with E-state index in [1.54, 1.807) is 6.26 Å². The Morgan fingerprint density at radius 2 is 1.92 bits per heavy atom. The van der Waals surface area contributed by atoms with Gasteiger partial charge in [0, 0.05) is 17.5 Å². The number of fused-ring (bicyclic) bond motifs is 5. The van der Waals surface area contributed by atoms with Crippen molar-refractivity contribution in [2.75, 3.05) is 6.61 Å². The van der Waals surface area contributed by atoms with Crippen LogP contribution < -0.4 is 11.4 Å². The number of ether oxygens (including phenoxy) is 2. The predicted molar refractivity (Wildman–Crippen MR) is 134 cm³/mol. The standard InChI is InChI=1S/C29H41NO6/c1-27-10-7-20(36-26-24(31)14-19(30)16-35-26)13-18(27)4-5-23-22(27)8-11-28(2)21(9-12-29(23,28)33)17-3-6-25(32)34-15-17/h3,6,13,15,19-24,26,31,33H,4-5,7-12,14,16,30H2,1-2H3/t19-,20+,21-,22?,23?,24?,26?,27+,28-,29+/m1/s1. The molecule has 3 saturated carbocycles. The molecule has 4 fully saturated rings. The molecule has 36 heavy (non-hydrogen) atoms. The van der Waals surface area contributed by atoms with Crippen molar-refractivity contribution in [1.82, 2.24) is 0 Å². The summed E-state index contributed by atoms with van der Waals surface area (Å²) in [6, 6.07) is 3.26. The van der Waals surface area contributed by atoms with Crippen molar-refractivity contribution >= 4 is 0 Å². The van der Waals surface area contributed by atoms with E-state index >= 15 is 0 Å². The normalized spacial score (nSPS) is 48.5. The topological polar surface area (TPSA) is 115 Å². The van der Waals surface area contributed by atoms with E-state index in [-0.39, 0.29) is 40.4 Å². The monoisotopic (exact) mass is 499 g/mol. The van der Waals surface area contributed by atoms with Crippen LogP contribution in [0, 0.1) is 22.7 Å². The fraction of sp³-hybridized carbons (Fsp3) is 0.759. The maximum absolute atomic E-state index is 12.4. The van der Waals surface area contributed by atoms with Crippen molar-refractivity contribution in [3.63, 3.8) is 0 Å². The van der Waals surface area contributed by atoms with Gasteiger partial charge < -0.3 is 29.8 Å². The second-order valence-corrected chi connectivity index (χ2v) is 12.7. The van der Waals surface area contributed by atoms with Gasteiger partial charge in [-0.15, -0.1) is 0 Å². The molecule has 2 heterocycles. The van der Waals surface area contributed by atoms with Crippen molar-refractivity contribution in [2.45, 2.75) is 108 Å². The van der Waals surface area contributed by atoms with E-state index in [4.69, 9.17) is 19.6 Å². The first-order valence-corrected chi connectivity index (χ1v) is 13.9. The Morgan fingerprint density at radius 3 is 2.67 bits per heavy atom. The minimum absolute atomic E-state index is 0.0564. The largest absolute Gasteiger partial charge is 0.431 e. The smallest absolute Gasteiger partial charge is 0.335 e. The molecule has 4 aliphatic carbocycles. The lowest BCUT2D eigenvalue weighted by Crippen LogP contribution is -2.60. The minimum atomic E-state index is -0.711. The fourth-order valence-electron chi connectivity index (χ4n) is 9.00. The maximum Gasteiger partial charge on any atom is 0.335 e. The Hall–Kier alpha value is -1.51. The number of aliphatic hydroxyl groups is 2. The van der Waals surface area contributed by atoms with Gasteiger partial charge in [0.05, 0.1) is 24.6 Å². The molecule has 10 atom stereocenters. The van der Waals surface area contributed by atoms with E-state index in [0.29, 0.717) is 18.9 Å². The molecule has 4 unspecified atom stereocenters. The van der Waals surface area contributed by atoms with Gasteiger partial charge in [0.15, 0.2) is 6.29 Å². The quantitative estimate of drug-likeness (QED) is 0.544. The molecule has 0 aromatic carbocycles. The van der Waals surface area contributed by atoms with Crippen LogP contribution in [0.2, 0.25) is 0 Å². The van der Waals surface area contributed by atoms with Gasteiger partial charge in [0.1, 0.15) is 6.10 Å². The van der Waals surface area contributed by atoms with E-state index in [2.05, 4.69) is 19.9 Å². The van der Waals surface area contributed by atoms with Gasteiger partial charge in [-0.3, -0.25) is 0 Å². The number of aliphatic hydroxyl groups excluding tert-OH is 1. The third kappa shape index (κ3) is 3.69. The second kappa shape index (κ2) is 8.77. The SMILES string of the molecule is C[C@]12CC[C@H](OC3OC[C@H](N)CC3O)C=C1CCC1C2CC[C@]2(C)[C@@H](c3ccc(=O)oc3)CC[C@]12O. The van der Waals surface area contributed by atoms with Crippen LogP contribution in [0.1, 0.15) is 83.1 Å². The molecule has 1 aromatic rings. The van der Waals surface area contributed by atoms with E-state index in [0.717, 1.165) is 56.9 Å². The highest BCUT2D eigenvalue weighted by Gasteiger charge is 2.66. The van der Waals surface area contributed by atoms with Crippen LogP contribution in [0.25, 0.3) is 0 Å².